The van der Waals surface area contributed by atoms with Gasteiger partial charge >= 0.3 is 0 Å². The fourth-order valence-corrected chi connectivity index (χ4v) is 2.55. The molecule has 2 aliphatic heterocycles. The van der Waals surface area contributed by atoms with Crippen LogP contribution in [0, 0.1) is 5.92 Å². The van der Waals surface area contributed by atoms with E-state index in [4.69, 9.17) is 4.74 Å². The van der Waals surface area contributed by atoms with Crippen LogP contribution in [0.3, 0.4) is 0 Å². The van der Waals surface area contributed by atoms with E-state index in [2.05, 4.69) is 5.32 Å². The van der Waals surface area contributed by atoms with E-state index >= 15 is 0 Å². The van der Waals surface area contributed by atoms with Gasteiger partial charge in [0.1, 0.15) is 12.6 Å². The van der Waals surface area contributed by atoms with Gasteiger partial charge in [-0.2, -0.15) is 0 Å². The molecule has 3 atom stereocenters. The van der Waals surface area contributed by atoms with Gasteiger partial charge in [0, 0.05) is 6.61 Å². The van der Waals surface area contributed by atoms with Crippen LogP contribution < -0.4 is 5.32 Å². The van der Waals surface area contributed by atoms with E-state index < -0.39 is 0 Å². The highest BCUT2D eigenvalue weighted by atomic mass is 16.5. The van der Waals surface area contributed by atoms with Gasteiger partial charge in [0.2, 0.25) is 11.8 Å². The maximum absolute atomic E-state index is 12.3. The Morgan fingerprint density at radius 2 is 2.12 bits per heavy atom. The molecule has 2 rings (SSSR count). The molecule has 17 heavy (non-hydrogen) atoms. The van der Waals surface area contributed by atoms with E-state index in [0.717, 1.165) is 6.42 Å². The molecule has 0 aromatic heterocycles. The minimum Gasteiger partial charge on any atom is -0.376 e. The second-order valence-electron chi connectivity index (χ2n) is 5.19. The van der Waals surface area contributed by atoms with Crippen LogP contribution in [0.5, 0.6) is 0 Å². The van der Waals surface area contributed by atoms with Gasteiger partial charge in [0.15, 0.2) is 0 Å². The standard InChI is InChI=1S/C12H20N2O3/c1-7(2)11-12(16)14(6-10(15)13-11)9-4-5-17-8(9)3/h7-9,11H,4-6H2,1-3H3,(H,13,15). The van der Waals surface area contributed by atoms with E-state index in [0.29, 0.717) is 6.61 Å². The molecule has 0 saturated carbocycles. The third kappa shape index (κ3) is 2.29. The number of amides is 2. The van der Waals surface area contributed by atoms with Crippen molar-refractivity contribution in [3.05, 3.63) is 0 Å². The Balaban J connectivity index is 2.15. The van der Waals surface area contributed by atoms with Crippen molar-refractivity contribution in [2.45, 2.75) is 45.4 Å². The number of hydrogen-bond acceptors (Lipinski definition) is 3. The lowest BCUT2D eigenvalue weighted by molar-refractivity contribution is -0.148. The Morgan fingerprint density at radius 1 is 1.41 bits per heavy atom. The normalized spacial score (nSPS) is 34.4. The Bertz CT molecular complexity index is 330. The molecule has 2 fully saturated rings. The van der Waals surface area contributed by atoms with E-state index in [9.17, 15) is 9.59 Å². The average molecular weight is 240 g/mol. The third-order valence-electron chi connectivity index (χ3n) is 3.58. The lowest BCUT2D eigenvalue weighted by Crippen LogP contribution is -2.63. The van der Waals surface area contributed by atoms with Crippen LogP contribution in [-0.2, 0) is 14.3 Å². The van der Waals surface area contributed by atoms with E-state index in [1.54, 1.807) is 4.90 Å². The molecule has 0 radical (unpaired) electrons. The summed E-state index contributed by atoms with van der Waals surface area (Å²) in [7, 11) is 0. The minimum absolute atomic E-state index is 0.0256. The monoisotopic (exact) mass is 240 g/mol. The van der Waals surface area contributed by atoms with Crippen molar-refractivity contribution >= 4 is 11.8 Å². The Hall–Kier alpha value is -1.10. The second-order valence-corrected chi connectivity index (χ2v) is 5.19. The first kappa shape index (κ1) is 12.4. The van der Waals surface area contributed by atoms with Crippen molar-refractivity contribution in [1.29, 1.82) is 0 Å². The number of rotatable bonds is 2. The van der Waals surface area contributed by atoms with Gasteiger partial charge in [0.05, 0.1) is 12.1 Å². The summed E-state index contributed by atoms with van der Waals surface area (Å²) in [6.07, 6.45) is 0.850. The van der Waals surface area contributed by atoms with Crippen LogP contribution in [0.25, 0.3) is 0 Å². The Morgan fingerprint density at radius 3 is 2.65 bits per heavy atom. The summed E-state index contributed by atoms with van der Waals surface area (Å²) in [5.74, 6) is 0.0798. The van der Waals surface area contributed by atoms with Gasteiger partial charge in [-0.3, -0.25) is 9.59 Å². The van der Waals surface area contributed by atoms with Gasteiger partial charge in [-0.25, -0.2) is 0 Å². The van der Waals surface area contributed by atoms with Crippen molar-refractivity contribution in [1.82, 2.24) is 10.2 Å². The molecule has 0 aromatic rings. The molecule has 96 valence electrons. The number of nitrogens with zero attached hydrogens (tertiary/aromatic N) is 1. The highest BCUT2D eigenvalue weighted by molar-refractivity contribution is 5.95. The summed E-state index contributed by atoms with van der Waals surface area (Å²) in [6.45, 7) is 6.69. The van der Waals surface area contributed by atoms with Gasteiger partial charge < -0.3 is 15.0 Å². The summed E-state index contributed by atoms with van der Waals surface area (Å²) < 4.78 is 5.47. The maximum atomic E-state index is 12.3. The number of piperazine rings is 1. The lowest BCUT2D eigenvalue weighted by atomic mass is 9.98. The Labute approximate surface area is 101 Å². The predicted octanol–water partition coefficient (Wildman–Crippen LogP) is 0.147. The lowest BCUT2D eigenvalue weighted by Gasteiger charge is -2.38. The number of carbonyl (C=O) groups excluding carboxylic acids is 2. The molecule has 3 unspecified atom stereocenters. The number of carbonyl (C=O) groups is 2. The fraction of sp³-hybridized carbons (Fsp3) is 0.833. The summed E-state index contributed by atoms with van der Waals surface area (Å²) in [5, 5.41) is 2.76. The molecule has 0 aliphatic carbocycles. The molecular weight excluding hydrogens is 220 g/mol. The van der Waals surface area contributed by atoms with Crippen molar-refractivity contribution < 1.29 is 14.3 Å². The molecule has 5 nitrogen and oxygen atoms in total. The molecule has 5 heteroatoms. The minimum atomic E-state index is -0.385. The number of nitrogens with one attached hydrogen (secondary N) is 1. The summed E-state index contributed by atoms with van der Waals surface area (Å²) in [5.41, 5.74) is 0. The Kier molecular flexibility index (Phi) is 3.38. The third-order valence-corrected chi connectivity index (χ3v) is 3.58. The molecule has 2 aliphatic rings. The zero-order valence-corrected chi connectivity index (χ0v) is 10.6. The van der Waals surface area contributed by atoms with Crippen molar-refractivity contribution in [3.63, 3.8) is 0 Å². The van der Waals surface area contributed by atoms with Crippen molar-refractivity contribution in [2.24, 2.45) is 5.92 Å². The highest BCUT2D eigenvalue weighted by Crippen LogP contribution is 2.23. The molecule has 0 spiro atoms. The van der Waals surface area contributed by atoms with Crippen LogP contribution in [0.4, 0.5) is 0 Å². The molecule has 2 saturated heterocycles. The topological polar surface area (TPSA) is 58.6 Å². The molecule has 0 aromatic carbocycles. The first-order valence-corrected chi connectivity index (χ1v) is 6.22. The second kappa shape index (κ2) is 4.64. The molecule has 1 N–H and O–H groups in total. The fourth-order valence-electron chi connectivity index (χ4n) is 2.55. The van der Waals surface area contributed by atoms with Gasteiger partial charge in [-0.05, 0) is 19.3 Å². The van der Waals surface area contributed by atoms with Crippen LogP contribution in [0.15, 0.2) is 0 Å². The van der Waals surface area contributed by atoms with E-state index in [1.165, 1.54) is 0 Å². The van der Waals surface area contributed by atoms with Crippen LogP contribution in [0.2, 0.25) is 0 Å². The van der Waals surface area contributed by atoms with Crippen LogP contribution in [-0.4, -0.2) is 48.1 Å². The zero-order chi connectivity index (χ0) is 12.6. The van der Waals surface area contributed by atoms with Gasteiger partial charge in [-0.1, -0.05) is 13.8 Å². The van der Waals surface area contributed by atoms with E-state index in [-0.39, 0.29) is 42.5 Å². The molecular formula is C12H20N2O3. The molecule has 2 amide bonds. The molecule has 2 heterocycles. The highest BCUT2D eigenvalue weighted by Gasteiger charge is 2.41. The van der Waals surface area contributed by atoms with Gasteiger partial charge in [-0.15, -0.1) is 0 Å². The first-order chi connectivity index (χ1) is 8.00. The quantitative estimate of drug-likeness (QED) is 0.747. The largest absolute Gasteiger partial charge is 0.376 e. The number of hydrogen-bond donors (Lipinski definition) is 1. The van der Waals surface area contributed by atoms with Crippen molar-refractivity contribution in [3.8, 4) is 0 Å². The maximum Gasteiger partial charge on any atom is 0.246 e. The summed E-state index contributed by atoms with van der Waals surface area (Å²) in [6, 6.07) is -0.334. The predicted molar refractivity (Wildman–Crippen MR) is 62.3 cm³/mol. The summed E-state index contributed by atoms with van der Waals surface area (Å²) in [4.78, 5) is 25.6. The van der Waals surface area contributed by atoms with Crippen LogP contribution in [0.1, 0.15) is 27.2 Å². The summed E-state index contributed by atoms with van der Waals surface area (Å²) >= 11 is 0. The SMILES string of the molecule is CC(C)C1NC(=O)CN(C2CCOC2C)C1=O. The number of ether oxygens (including phenoxy) is 1. The average Bonchev–Trinajstić information content (AvgIpc) is 2.67. The smallest absolute Gasteiger partial charge is 0.246 e. The van der Waals surface area contributed by atoms with Crippen molar-refractivity contribution in [2.75, 3.05) is 13.2 Å². The van der Waals surface area contributed by atoms with E-state index in [1.807, 2.05) is 20.8 Å². The first-order valence-electron chi connectivity index (χ1n) is 6.22. The molecule has 0 bridgehead atoms. The van der Waals surface area contributed by atoms with Crippen LogP contribution >= 0.6 is 0 Å². The van der Waals surface area contributed by atoms with Gasteiger partial charge in [0.25, 0.3) is 0 Å². The zero-order valence-electron chi connectivity index (χ0n) is 10.6.